The predicted molar refractivity (Wildman–Crippen MR) is 120 cm³/mol. The summed E-state index contributed by atoms with van der Waals surface area (Å²) < 4.78 is 28.6. The van der Waals surface area contributed by atoms with Crippen LogP contribution in [0, 0.1) is 11.6 Å². The first kappa shape index (κ1) is 21.4. The largest absolute Gasteiger partial charge is 0.392 e. The first-order valence-electron chi connectivity index (χ1n) is 9.91. The topological polar surface area (TPSA) is 74.7 Å². The Bertz CT molecular complexity index is 1100. The second-order valence-corrected chi connectivity index (χ2v) is 8.41. The number of pyridine rings is 1. The van der Waals surface area contributed by atoms with E-state index in [0.717, 1.165) is 23.8 Å². The van der Waals surface area contributed by atoms with E-state index in [-0.39, 0.29) is 12.2 Å². The van der Waals surface area contributed by atoms with Gasteiger partial charge in [0.1, 0.15) is 21.5 Å². The number of halogens is 2. The SMILES string of the molecule is NCCCC1(c2ccccc2)SC(c2cc(F)ccc2F)=NN1c1ccncc1CO. The summed E-state index contributed by atoms with van der Waals surface area (Å²) in [5.41, 5.74) is 8.13. The van der Waals surface area contributed by atoms with Crippen molar-refractivity contribution < 1.29 is 13.9 Å². The van der Waals surface area contributed by atoms with Gasteiger partial charge in [-0.1, -0.05) is 42.1 Å². The van der Waals surface area contributed by atoms with Crippen molar-refractivity contribution >= 4 is 22.5 Å². The standard InChI is InChI=1S/C23H22F2N4OS/c24-18-7-8-20(25)19(13-18)22-28-29(21-9-12-27-14-16(21)15-30)23(31-22,10-4-11-26)17-5-2-1-3-6-17/h1-3,5-9,12-14,30H,4,10-11,15,26H2. The number of nitrogens with two attached hydrogens (primary N) is 1. The van der Waals surface area contributed by atoms with Crippen molar-refractivity contribution in [2.24, 2.45) is 10.8 Å². The Morgan fingerprint density at radius 2 is 1.90 bits per heavy atom. The molecule has 3 N–H and O–H groups in total. The van der Waals surface area contributed by atoms with Gasteiger partial charge < -0.3 is 10.8 Å². The number of aliphatic hydroxyl groups excluding tert-OH is 1. The number of hydrogen-bond acceptors (Lipinski definition) is 6. The molecule has 2 heterocycles. The lowest BCUT2D eigenvalue weighted by Crippen LogP contribution is -2.38. The number of nitrogens with zero attached hydrogens (tertiary/aromatic N) is 3. The number of anilines is 1. The Morgan fingerprint density at radius 3 is 2.65 bits per heavy atom. The van der Waals surface area contributed by atoms with Crippen molar-refractivity contribution in [2.45, 2.75) is 24.3 Å². The Kier molecular flexibility index (Phi) is 6.31. The lowest BCUT2D eigenvalue weighted by Gasteiger charge is -2.38. The molecule has 0 aliphatic carbocycles. The Hall–Kier alpha value is -2.81. The van der Waals surface area contributed by atoms with Crippen LogP contribution in [0.1, 0.15) is 29.5 Å². The molecule has 4 rings (SSSR count). The highest BCUT2D eigenvalue weighted by Crippen LogP contribution is 2.52. The minimum Gasteiger partial charge on any atom is -0.392 e. The van der Waals surface area contributed by atoms with E-state index < -0.39 is 16.5 Å². The maximum absolute atomic E-state index is 14.7. The molecule has 2 aromatic carbocycles. The number of aliphatic hydroxyl groups is 1. The molecule has 0 radical (unpaired) electrons. The van der Waals surface area contributed by atoms with Crippen LogP contribution in [0.3, 0.4) is 0 Å². The van der Waals surface area contributed by atoms with Gasteiger partial charge in [0.05, 0.1) is 12.3 Å². The van der Waals surface area contributed by atoms with Crippen LogP contribution in [0.15, 0.2) is 72.1 Å². The molecule has 1 atom stereocenters. The Balaban J connectivity index is 1.93. The molecule has 1 aromatic heterocycles. The van der Waals surface area contributed by atoms with Gasteiger partial charge in [-0.15, -0.1) is 0 Å². The summed E-state index contributed by atoms with van der Waals surface area (Å²) in [6, 6.07) is 14.9. The molecule has 5 nitrogen and oxygen atoms in total. The highest BCUT2D eigenvalue weighted by atomic mass is 32.2. The minimum atomic E-state index is -0.750. The number of thioether (sulfide) groups is 1. The van der Waals surface area contributed by atoms with Crippen molar-refractivity contribution in [3.05, 3.63) is 95.3 Å². The van der Waals surface area contributed by atoms with E-state index in [1.54, 1.807) is 23.5 Å². The van der Waals surface area contributed by atoms with Gasteiger partial charge in [0, 0.05) is 23.5 Å². The lowest BCUT2D eigenvalue weighted by molar-refractivity contribution is 0.281. The fourth-order valence-electron chi connectivity index (χ4n) is 3.68. The van der Waals surface area contributed by atoms with E-state index in [1.165, 1.54) is 11.8 Å². The van der Waals surface area contributed by atoms with Gasteiger partial charge in [0.25, 0.3) is 0 Å². The normalized spacial score (nSPS) is 18.3. The average Bonchev–Trinajstić information content (AvgIpc) is 3.20. The maximum Gasteiger partial charge on any atom is 0.139 e. The third-order valence-electron chi connectivity index (χ3n) is 5.18. The molecular formula is C23H22F2N4OS. The Morgan fingerprint density at radius 1 is 1.10 bits per heavy atom. The first-order chi connectivity index (χ1) is 15.1. The molecule has 0 fully saturated rings. The molecule has 31 heavy (non-hydrogen) atoms. The van der Waals surface area contributed by atoms with E-state index in [9.17, 15) is 13.9 Å². The van der Waals surface area contributed by atoms with E-state index in [1.807, 2.05) is 30.3 Å². The van der Waals surface area contributed by atoms with E-state index in [2.05, 4.69) is 4.98 Å². The van der Waals surface area contributed by atoms with Crippen molar-refractivity contribution in [3.63, 3.8) is 0 Å². The van der Waals surface area contributed by atoms with Crippen LogP contribution in [-0.2, 0) is 11.5 Å². The predicted octanol–water partition coefficient (Wildman–Crippen LogP) is 4.36. The number of benzene rings is 2. The van der Waals surface area contributed by atoms with Crippen LogP contribution in [0.5, 0.6) is 0 Å². The van der Waals surface area contributed by atoms with Crippen LogP contribution in [0.2, 0.25) is 0 Å². The third-order valence-corrected chi connectivity index (χ3v) is 6.62. The highest BCUT2D eigenvalue weighted by molar-refractivity contribution is 8.15. The third kappa shape index (κ3) is 4.06. The van der Waals surface area contributed by atoms with Crippen molar-refractivity contribution in [2.75, 3.05) is 11.6 Å². The van der Waals surface area contributed by atoms with Crippen LogP contribution in [-0.4, -0.2) is 21.7 Å². The molecule has 0 bridgehead atoms. The van der Waals surface area contributed by atoms with Crippen molar-refractivity contribution in [1.29, 1.82) is 0 Å². The molecule has 1 aliphatic rings. The molecular weight excluding hydrogens is 418 g/mol. The minimum absolute atomic E-state index is 0.0974. The molecule has 0 amide bonds. The van der Waals surface area contributed by atoms with Gasteiger partial charge in [0.2, 0.25) is 0 Å². The van der Waals surface area contributed by atoms with E-state index in [4.69, 9.17) is 10.8 Å². The van der Waals surface area contributed by atoms with Crippen LogP contribution in [0.4, 0.5) is 14.5 Å². The van der Waals surface area contributed by atoms with Gasteiger partial charge in [-0.05, 0) is 49.2 Å². The zero-order chi connectivity index (χ0) is 21.8. The van der Waals surface area contributed by atoms with E-state index in [0.29, 0.717) is 35.7 Å². The monoisotopic (exact) mass is 440 g/mol. The number of hydrazone groups is 1. The van der Waals surface area contributed by atoms with Crippen LogP contribution < -0.4 is 10.7 Å². The van der Waals surface area contributed by atoms with Gasteiger partial charge in [-0.2, -0.15) is 5.10 Å². The summed E-state index contributed by atoms with van der Waals surface area (Å²) >= 11 is 1.36. The summed E-state index contributed by atoms with van der Waals surface area (Å²) in [6.45, 7) is 0.237. The smallest absolute Gasteiger partial charge is 0.139 e. The average molecular weight is 441 g/mol. The molecule has 0 saturated heterocycles. The van der Waals surface area contributed by atoms with Crippen molar-refractivity contribution in [3.8, 4) is 0 Å². The first-order valence-corrected chi connectivity index (χ1v) is 10.7. The molecule has 1 aliphatic heterocycles. The number of rotatable bonds is 7. The van der Waals surface area contributed by atoms with Crippen molar-refractivity contribution in [1.82, 2.24) is 4.98 Å². The molecule has 0 spiro atoms. The summed E-state index contributed by atoms with van der Waals surface area (Å²) in [5, 5.41) is 16.8. The quantitative estimate of drug-likeness (QED) is 0.571. The maximum atomic E-state index is 14.7. The van der Waals surface area contributed by atoms with Gasteiger partial charge in [-0.3, -0.25) is 4.98 Å². The van der Waals surface area contributed by atoms with Gasteiger partial charge >= 0.3 is 0 Å². The number of hydrogen-bond donors (Lipinski definition) is 2. The second kappa shape index (κ2) is 9.13. The van der Waals surface area contributed by atoms with E-state index >= 15 is 0 Å². The summed E-state index contributed by atoms with van der Waals surface area (Å²) in [5.74, 6) is -1.09. The summed E-state index contributed by atoms with van der Waals surface area (Å²) in [4.78, 5) is 3.35. The summed E-state index contributed by atoms with van der Waals surface area (Å²) in [7, 11) is 0. The summed E-state index contributed by atoms with van der Waals surface area (Å²) in [6.07, 6.45) is 4.49. The molecule has 8 heteroatoms. The lowest BCUT2D eigenvalue weighted by atomic mass is 9.99. The molecule has 160 valence electrons. The fraction of sp³-hybridized carbons (Fsp3) is 0.217. The molecule has 1 unspecified atom stereocenters. The highest BCUT2D eigenvalue weighted by Gasteiger charge is 2.47. The zero-order valence-electron chi connectivity index (χ0n) is 16.7. The van der Waals surface area contributed by atoms with Gasteiger partial charge in [0.15, 0.2) is 0 Å². The Labute approximate surface area is 183 Å². The molecule has 0 saturated carbocycles. The molecule has 3 aromatic rings. The van der Waals surface area contributed by atoms with Crippen LogP contribution >= 0.6 is 11.8 Å². The zero-order valence-corrected chi connectivity index (χ0v) is 17.5. The fourth-order valence-corrected chi connectivity index (χ4v) is 5.12. The second-order valence-electron chi connectivity index (χ2n) is 7.15. The van der Waals surface area contributed by atoms with Crippen LogP contribution in [0.25, 0.3) is 0 Å². The van der Waals surface area contributed by atoms with Gasteiger partial charge in [-0.25, -0.2) is 13.8 Å². The number of aromatic nitrogens is 1.